The molecule has 0 spiro atoms. The summed E-state index contributed by atoms with van der Waals surface area (Å²) in [4.78, 5) is 0. The molecule has 1 aromatic carbocycles. The quantitative estimate of drug-likeness (QED) is 0.897. The zero-order chi connectivity index (χ0) is 14.7. The minimum absolute atomic E-state index is 0.336. The lowest BCUT2D eigenvalue weighted by molar-refractivity contribution is 0.0106. The first kappa shape index (κ1) is 14.6. The molecule has 0 radical (unpaired) electrons. The van der Waals surface area contributed by atoms with Crippen molar-refractivity contribution in [1.82, 2.24) is 5.16 Å². The number of nitrogens with zero attached hydrogens (tertiary/aromatic N) is 1. The zero-order valence-corrected chi connectivity index (χ0v) is 13.4. The molecule has 1 fully saturated rings. The molecular formula is C16H19BrN2O2. The molecule has 2 N–H and O–H groups in total. The van der Waals surface area contributed by atoms with Crippen LogP contribution in [0.25, 0.3) is 11.1 Å². The van der Waals surface area contributed by atoms with E-state index in [4.69, 9.17) is 15.0 Å². The molecule has 0 amide bonds. The van der Waals surface area contributed by atoms with Crippen LogP contribution in [0.3, 0.4) is 0 Å². The topological polar surface area (TPSA) is 61.3 Å². The predicted molar refractivity (Wildman–Crippen MR) is 86.0 cm³/mol. The van der Waals surface area contributed by atoms with Crippen LogP contribution in [0.15, 0.2) is 33.3 Å². The maximum Gasteiger partial charge on any atom is 0.175 e. The molecule has 1 aromatic heterocycles. The monoisotopic (exact) mass is 350 g/mol. The number of nitrogen functional groups attached to an aromatic ring is 1. The third-order valence-corrected chi connectivity index (χ3v) is 4.42. The number of nitrogens with two attached hydrogens (primary N) is 1. The summed E-state index contributed by atoms with van der Waals surface area (Å²) in [6.45, 7) is 0.878. The summed E-state index contributed by atoms with van der Waals surface area (Å²) in [7, 11) is 0. The number of ether oxygens (including phenoxy) is 1. The van der Waals surface area contributed by atoms with Crippen LogP contribution >= 0.6 is 15.9 Å². The van der Waals surface area contributed by atoms with Gasteiger partial charge in [0.25, 0.3) is 0 Å². The van der Waals surface area contributed by atoms with Crippen molar-refractivity contribution in [3.63, 3.8) is 0 Å². The average Bonchev–Trinajstić information content (AvgIpc) is 2.88. The Morgan fingerprint density at radius 2 is 2.05 bits per heavy atom. The van der Waals surface area contributed by atoms with Gasteiger partial charge in [0.05, 0.1) is 11.7 Å². The molecule has 1 aliphatic rings. The highest BCUT2D eigenvalue weighted by molar-refractivity contribution is 9.10. The summed E-state index contributed by atoms with van der Waals surface area (Å²) in [5.41, 5.74) is 7.93. The van der Waals surface area contributed by atoms with E-state index in [1.54, 1.807) is 0 Å². The molecule has 0 aliphatic carbocycles. The first-order valence-electron chi connectivity index (χ1n) is 7.35. The smallest absolute Gasteiger partial charge is 0.175 e. The Morgan fingerprint density at radius 1 is 1.24 bits per heavy atom. The van der Waals surface area contributed by atoms with Gasteiger partial charge in [-0.15, -0.1) is 0 Å². The Bertz CT molecular complexity index is 589. The number of anilines is 1. The van der Waals surface area contributed by atoms with Gasteiger partial charge in [0.2, 0.25) is 0 Å². The van der Waals surface area contributed by atoms with E-state index >= 15 is 0 Å². The van der Waals surface area contributed by atoms with Crippen molar-refractivity contribution in [3.05, 3.63) is 34.5 Å². The van der Waals surface area contributed by atoms with Gasteiger partial charge in [0.1, 0.15) is 5.76 Å². The van der Waals surface area contributed by atoms with E-state index in [1.165, 1.54) is 12.8 Å². The Balaban J connectivity index is 1.75. The van der Waals surface area contributed by atoms with Gasteiger partial charge < -0.3 is 15.0 Å². The van der Waals surface area contributed by atoms with Gasteiger partial charge in [0, 0.05) is 17.5 Å². The minimum atomic E-state index is 0.336. The molecule has 3 rings (SSSR count). The van der Waals surface area contributed by atoms with Crippen molar-refractivity contribution in [2.45, 2.75) is 38.2 Å². The van der Waals surface area contributed by atoms with E-state index in [0.717, 1.165) is 47.2 Å². The molecular weight excluding hydrogens is 332 g/mol. The fourth-order valence-corrected chi connectivity index (χ4v) is 3.03. The second kappa shape index (κ2) is 6.62. The number of aromatic nitrogens is 1. The molecule has 1 aliphatic heterocycles. The number of rotatable bonds is 4. The molecule has 0 bridgehead atoms. The Morgan fingerprint density at radius 3 is 2.76 bits per heavy atom. The lowest BCUT2D eigenvalue weighted by Gasteiger charge is -2.22. The summed E-state index contributed by atoms with van der Waals surface area (Å²) >= 11 is 3.44. The van der Waals surface area contributed by atoms with Crippen LogP contribution in [0.5, 0.6) is 0 Å². The molecule has 5 heteroatoms. The Kier molecular flexibility index (Phi) is 4.60. The summed E-state index contributed by atoms with van der Waals surface area (Å²) in [5, 5.41) is 3.93. The molecule has 2 heterocycles. The predicted octanol–water partition coefficient (Wildman–Crippen LogP) is 4.19. The molecule has 112 valence electrons. The van der Waals surface area contributed by atoms with Crippen LogP contribution in [0.4, 0.5) is 5.82 Å². The highest BCUT2D eigenvalue weighted by Gasteiger charge is 2.19. The highest BCUT2D eigenvalue weighted by atomic mass is 79.9. The molecule has 2 aromatic rings. The van der Waals surface area contributed by atoms with Gasteiger partial charge >= 0.3 is 0 Å². The van der Waals surface area contributed by atoms with Crippen molar-refractivity contribution in [2.75, 3.05) is 12.3 Å². The SMILES string of the molecule is Nc1noc(CCC2CCCCO2)c1-c1ccc(Br)cc1. The van der Waals surface area contributed by atoms with Crippen molar-refractivity contribution in [3.8, 4) is 11.1 Å². The number of aryl methyl sites for hydroxylation is 1. The molecule has 4 nitrogen and oxygen atoms in total. The summed E-state index contributed by atoms with van der Waals surface area (Å²) in [6, 6.07) is 8.03. The fraction of sp³-hybridized carbons (Fsp3) is 0.438. The van der Waals surface area contributed by atoms with Crippen molar-refractivity contribution >= 4 is 21.7 Å². The first-order chi connectivity index (χ1) is 10.2. The van der Waals surface area contributed by atoms with Gasteiger partial charge in [-0.3, -0.25) is 0 Å². The fourth-order valence-electron chi connectivity index (χ4n) is 2.76. The Hall–Kier alpha value is -1.33. The van der Waals surface area contributed by atoms with Crippen LogP contribution in [0.2, 0.25) is 0 Å². The van der Waals surface area contributed by atoms with Crippen molar-refractivity contribution in [1.29, 1.82) is 0 Å². The Labute approximate surface area is 132 Å². The summed E-state index contributed by atoms with van der Waals surface area (Å²) in [5.74, 6) is 1.31. The number of halogens is 1. The van der Waals surface area contributed by atoms with Gasteiger partial charge in [0.15, 0.2) is 5.82 Å². The number of hydrogen-bond donors (Lipinski definition) is 1. The normalized spacial score (nSPS) is 18.8. The number of benzene rings is 1. The van der Waals surface area contributed by atoms with Crippen LogP contribution in [0, 0.1) is 0 Å². The van der Waals surface area contributed by atoms with Gasteiger partial charge in [-0.1, -0.05) is 33.2 Å². The standard InChI is InChI=1S/C16H19BrN2O2/c17-12-6-4-11(5-7-12)15-14(21-19-16(15)18)9-8-13-3-1-2-10-20-13/h4-7,13H,1-3,8-10H2,(H2,18,19). The van der Waals surface area contributed by atoms with E-state index in [-0.39, 0.29) is 0 Å². The lowest BCUT2D eigenvalue weighted by Crippen LogP contribution is -2.19. The van der Waals surface area contributed by atoms with Crippen LogP contribution in [-0.2, 0) is 11.2 Å². The summed E-state index contributed by atoms with van der Waals surface area (Å²) < 4.78 is 12.2. The number of hydrogen-bond acceptors (Lipinski definition) is 4. The van der Waals surface area contributed by atoms with Crippen molar-refractivity contribution < 1.29 is 9.26 Å². The maximum atomic E-state index is 5.97. The van der Waals surface area contributed by atoms with E-state index in [1.807, 2.05) is 24.3 Å². The largest absolute Gasteiger partial charge is 0.380 e. The van der Waals surface area contributed by atoms with Gasteiger partial charge in [-0.2, -0.15) is 0 Å². The van der Waals surface area contributed by atoms with Crippen LogP contribution in [0.1, 0.15) is 31.4 Å². The van der Waals surface area contributed by atoms with Crippen LogP contribution in [-0.4, -0.2) is 17.9 Å². The van der Waals surface area contributed by atoms with E-state index in [2.05, 4.69) is 21.1 Å². The third kappa shape index (κ3) is 3.47. The summed E-state index contributed by atoms with van der Waals surface area (Å²) in [6.07, 6.45) is 5.66. The molecule has 0 saturated carbocycles. The first-order valence-corrected chi connectivity index (χ1v) is 8.15. The molecule has 1 unspecified atom stereocenters. The van der Waals surface area contributed by atoms with E-state index < -0.39 is 0 Å². The average molecular weight is 351 g/mol. The van der Waals surface area contributed by atoms with E-state index in [0.29, 0.717) is 11.9 Å². The second-order valence-electron chi connectivity index (χ2n) is 5.40. The van der Waals surface area contributed by atoms with Gasteiger partial charge in [-0.25, -0.2) is 0 Å². The van der Waals surface area contributed by atoms with E-state index in [9.17, 15) is 0 Å². The highest BCUT2D eigenvalue weighted by Crippen LogP contribution is 2.32. The lowest BCUT2D eigenvalue weighted by atomic mass is 10.00. The molecule has 21 heavy (non-hydrogen) atoms. The zero-order valence-electron chi connectivity index (χ0n) is 11.8. The molecule has 1 saturated heterocycles. The van der Waals surface area contributed by atoms with Gasteiger partial charge in [-0.05, 0) is 43.4 Å². The third-order valence-electron chi connectivity index (χ3n) is 3.89. The minimum Gasteiger partial charge on any atom is -0.380 e. The second-order valence-corrected chi connectivity index (χ2v) is 6.32. The van der Waals surface area contributed by atoms with Crippen molar-refractivity contribution in [2.24, 2.45) is 0 Å². The molecule has 1 atom stereocenters. The maximum absolute atomic E-state index is 5.97. The van der Waals surface area contributed by atoms with Crippen LogP contribution < -0.4 is 5.73 Å².